The van der Waals surface area contributed by atoms with Crippen molar-refractivity contribution in [1.29, 1.82) is 0 Å². The summed E-state index contributed by atoms with van der Waals surface area (Å²) >= 11 is 1.57. The zero-order chi connectivity index (χ0) is 12.1. The summed E-state index contributed by atoms with van der Waals surface area (Å²) in [7, 11) is 0. The largest absolute Gasteiger partial charge is 0.349 e. The highest BCUT2D eigenvalue weighted by molar-refractivity contribution is 7.09. The number of carbonyl (C=O) groups is 1. The minimum atomic E-state index is 0.177. The molecule has 1 saturated carbocycles. The molecule has 94 valence electrons. The van der Waals surface area contributed by atoms with Crippen LogP contribution in [0.25, 0.3) is 0 Å². The molecule has 5 heteroatoms. The Morgan fingerprint density at radius 3 is 2.82 bits per heavy atom. The number of hydrogen-bond donors (Lipinski definition) is 2. The van der Waals surface area contributed by atoms with Crippen LogP contribution in [0.2, 0.25) is 0 Å². The summed E-state index contributed by atoms with van der Waals surface area (Å²) in [5.74, 6) is 0.978. The molecule has 1 heterocycles. The van der Waals surface area contributed by atoms with Gasteiger partial charge in [0.15, 0.2) is 0 Å². The van der Waals surface area contributed by atoms with Crippen molar-refractivity contribution in [2.24, 2.45) is 17.6 Å². The normalized spacial score (nSPS) is 24.5. The van der Waals surface area contributed by atoms with Crippen molar-refractivity contribution in [2.45, 2.75) is 32.2 Å². The summed E-state index contributed by atoms with van der Waals surface area (Å²) in [5.41, 5.74) is 5.64. The van der Waals surface area contributed by atoms with Crippen LogP contribution >= 0.6 is 11.3 Å². The first-order chi connectivity index (χ1) is 8.29. The van der Waals surface area contributed by atoms with E-state index >= 15 is 0 Å². The molecule has 0 bridgehead atoms. The monoisotopic (exact) mass is 253 g/mol. The second-order valence-corrected chi connectivity index (χ2v) is 5.58. The summed E-state index contributed by atoms with van der Waals surface area (Å²) in [6.07, 6.45) is 5.90. The molecule has 0 atom stereocenters. The highest BCUT2D eigenvalue weighted by atomic mass is 32.1. The van der Waals surface area contributed by atoms with E-state index in [1.165, 1.54) is 0 Å². The third kappa shape index (κ3) is 3.51. The maximum atomic E-state index is 11.9. The topological polar surface area (TPSA) is 68.0 Å². The number of nitrogens with two attached hydrogens (primary N) is 1. The van der Waals surface area contributed by atoms with Gasteiger partial charge < -0.3 is 11.1 Å². The fourth-order valence-electron chi connectivity index (χ4n) is 2.31. The second kappa shape index (κ2) is 6.12. The fraction of sp³-hybridized carbons (Fsp3) is 0.667. The van der Waals surface area contributed by atoms with E-state index in [1.54, 1.807) is 17.5 Å². The number of carbonyl (C=O) groups excluding carboxylic acids is 1. The Kier molecular flexibility index (Phi) is 4.50. The molecule has 0 saturated heterocycles. The van der Waals surface area contributed by atoms with Gasteiger partial charge in [-0.25, -0.2) is 4.98 Å². The third-order valence-electron chi connectivity index (χ3n) is 3.45. The van der Waals surface area contributed by atoms with Gasteiger partial charge in [0.05, 0.1) is 6.54 Å². The van der Waals surface area contributed by atoms with Gasteiger partial charge in [-0.2, -0.15) is 0 Å². The van der Waals surface area contributed by atoms with E-state index in [0.29, 0.717) is 12.5 Å². The number of amides is 1. The van der Waals surface area contributed by atoms with Crippen molar-refractivity contribution in [1.82, 2.24) is 10.3 Å². The lowest BCUT2D eigenvalue weighted by Crippen LogP contribution is -2.33. The molecule has 0 unspecified atom stereocenters. The maximum absolute atomic E-state index is 11.9. The van der Waals surface area contributed by atoms with Crippen LogP contribution in [-0.2, 0) is 11.3 Å². The Morgan fingerprint density at radius 1 is 1.47 bits per heavy atom. The van der Waals surface area contributed by atoms with Gasteiger partial charge in [-0.1, -0.05) is 0 Å². The van der Waals surface area contributed by atoms with E-state index in [9.17, 15) is 4.79 Å². The Labute approximate surface area is 106 Å². The van der Waals surface area contributed by atoms with E-state index in [4.69, 9.17) is 5.73 Å². The van der Waals surface area contributed by atoms with E-state index < -0.39 is 0 Å². The minimum Gasteiger partial charge on any atom is -0.349 e. The van der Waals surface area contributed by atoms with Gasteiger partial charge >= 0.3 is 0 Å². The van der Waals surface area contributed by atoms with Gasteiger partial charge in [-0.15, -0.1) is 11.3 Å². The summed E-state index contributed by atoms with van der Waals surface area (Å²) in [4.78, 5) is 16.1. The van der Waals surface area contributed by atoms with Crippen LogP contribution in [0.15, 0.2) is 11.6 Å². The van der Waals surface area contributed by atoms with Gasteiger partial charge in [0.25, 0.3) is 0 Å². The van der Waals surface area contributed by atoms with Crippen LogP contribution in [0.5, 0.6) is 0 Å². The summed E-state index contributed by atoms with van der Waals surface area (Å²) in [5, 5.41) is 5.86. The SMILES string of the molecule is NCC1CCC(C(=O)NCc2nccs2)CC1. The van der Waals surface area contributed by atoms with Crippen molar-refractivity contribution in [3.8, 4) is 0 Å². The number of nitrogens with zero attached hydrogens (tertiary/aromatic N) is 1. The smallest absolute Gasteiger partial charge is 0.223 e. The highest BCUT2D eigenvalue weighted by Crippen LogP contribution is 2.28. The van der Waals surface area contributed by atoms with Crippen LogP contribution in [0.4, 0.5) is 0 Å². The van der Waals surface area contributed by atoms with Gasteiger partial charge in [0.1, 0.15) is 5.01 Å². The number of hydrogen-bond acceptors (Lipinski definition) is 4. The molecule has 1 aromatic rings. The second-order valence-electron chi connectivity index (χ2n) is 4.60. The van der Waals surface area contributed by atoms with E-state index in [-0.39, 0.29) is 11.8 Å². The van der Waals surface area contributed by atoms with Crippen LogP contribution in [0.1, 0.15) is 30.7 Å². The number of rotatable bonds is 4. The first-order valence-corrected chi connectivity index (χ1v) is 7.03. The van der Waals surface area contributed by atoms with E-state index in [1.807, 2.05) is 5.38 Å². The van der Waals surface area contributed by atoms with Crippen molar-refractivity contribution in [3.05, 3.63) is 16.6 Å². The molecular formula is C12H19N3OS. The summed E-state index contributed by atoms with van der Waals surface area (Å²) in [6, 6.07) is 0. The Bertz CT molecular complexity index is 345. The predicted molar refractivity (Wildman–Crippen MR) is 68.5 cm³/mol. The molecule has 0 radical (unpaired) electrons. The van der Waals surface area contributed by atoms with Crippen molar-refractivity contribution < 1.29 is 4.79 Å². The van der Waals surface area contributed by atoms with Gasteiger partial charge in [0.2, 0.25) is 5.91 Å². The van der Waals surface area contributed by atoms with Crippen molar-refractivity contribution >= 4 is 17.2 Å². The van der Waals surface area contributed by atoms with Gasteiger partial charge in [-0.05, 0) is 38.1 Å². The van der Waals surface area contributed by atoms with Gasteiger partial charge in [-0.3, -0.25) is 4.79 Å². The lowest BCUT2D eigenvalue weighted by molar-refractivity contribution is -0.126. The number of aromatic nitrogens is 1. The lowest BCUT2D eigenvalue weighted by atomic mass is 9.81. The average molecular weight is 253 g/mol. The Balaban J connectivity index is 1.73. The van der Waals surface area contributed by atoms with E-state index in [0.717, 1.165) is 37.2 Å². The molecular weight excluding hydrogens is 234 g/mol. The molecule has 0 spiro atoms. The molecule has 1 aliphatic carbocycles. The molecule has 0 aliphatic heterocycles. The van der Waals surface area contributed by atoms with Gasteiger partial charge in [0, 0.05) is 17.5 Å². The van der Waals surface area contributed by atoms with Crippen LogP contribution < -0.4 is 11.1 Å². The predicted octanol–water partition coefficient (Wildman–Crippen LogP) is 1.52. The van der Waals surface area contributed by atoms with Crippen LogP contribution in [0.3, 0.4) is 0 Å². The zero-order valence-corrected chi connectivity index (χ0v) is 10.7. The Morgan fingerprint density at radius 2 is 2.24 bits per heavy atom. The molecule has 1 amide bonds. The molecule has 3 N–H and O–H groups in total. The lowest BCUT2D eigenvalue weighted by Gasteiger charge is -2.26. The summed E-state index contributed by atoms with van der Waals surface area (Å²) < 4.78 is 0. The maximum Gasteiger partial charge on any atom is 0.223 e. The molecule has 1 aliphatic rings. The fourth-order valence-corrected chi connectivity index (χ4v) is 2.86. The van der Waals surface area contributed by atoms with Crippen molar-refractivity contribution in [3.63, 3.8) is 0 Å². The van der Waals surface area contributed by atoms with E-state index in [2.05, 4.69) is 10.3 Å². The van der Waals surface area contributed by atoms with Crippen molar-refractivity contribution in [2.75, 3.05) is 6.54 Å². The molecule has 4 nitrogen and oxygen atoms in total. The highest BCUT2D eigenvalue weighted by Gasteiger charge is 2.25. The quantitative estimate of drug-likeness (QED) is 0.855. The minimum absolute atomic E-state index is 0.177. The van der Waals surface area contributed by atoms with Crippen LogP contribution in [-0.4, -0.2) is 17.4 Å². The molecule has 0 aromatic carbocycles. The Hall–Kier alpha value is -0.940. The first kappa shape index (κ1) is 12.5. The molecule has 1 aromatic heterocycles. The molecule has 2 rings (SSSR count). The third-order valence-corrected chi connectivity index (χ3v) is 4.23. The molecule has 17 heavy (non-hydrogen) atoms. The summed E-state index contributed by atoms with van der Waals surface area (Å²) in [6.45, 7) is 1.32. The number of nitrogens with one attached hydrogen (secondary N) is 1. The van der Waals surface area contributed by atoms with Crippen LogP contribution in [0, 0.1) is 11.8 Å². The number of thiazole rings is 1. The standard InChI is InChI=1S/C12H19N3OS/c13-7-9-1-3-10(4-2-9)12(16)15-8-11-14-5-6-17-11/h5-6,9-10H,1-4,7-8,13H2,(H,15,16). The molecule has 1 fully saturated rings. The first-order valence-electron chi connectivity index (χ1n) is 6.15. The average Bonchev–Trinajstić information content (AvgIpc) is 2.89. The zero-order valence-electron chi connectivity index (χ0n) is 9.89.